The lowest BCUT2D eigenvalue weighted by Crippen LogP contribution is -2.15. The summed E-state index contributed by atoms with van der Waals surface area (Å²) >= 11 is 10.3. The summed E-state index contributed by atoms with van der Waals surface area (Å²) in [5, 5.41) is 0. The Morgan fingerprint density at radius 1 is 1.50 bits per heavy atom. The highest BCUT2D eigenvalue weighted by Gasteiger charge is 2.42. The van der Waals surface area contributed by atoms with Crippen molar-refractivity contribution in [2.45, 2.75) is 30.0 Å². The van der Waals surface area contributed by atoms with E-state index < -0.39 is 0 Å². The first-order valence-electron chi connectivity index (χ1n) is 5.93. The van der Waals surface area contributed by atoms with Crippen LogP contribution in [0.5, 0.6) is 0 Å². The lowest BCUT2D eigenvalue weighted by molar-refractivity contribution is 0.655. The smallest absolute Gasteiger partial charge is 0.124 e. The predicted molar refractivity (Wildman–Crippen MR) is 87.5 cm³/mol. The van der Waals surface area contributed by atoms with E-state index in [9.17, 15) is 0 Å². The van der Waals surface area contributed by atoms with Crippen LogP contribution >= 0.6 is 46.0 Å². The van der Waals surface area contributed by atoms with Crippen LogP contribution in [0, 0.1) is 3.57 Å². The molecule has 1 fully saturated rings. The molecule has 0 atom stereocenters. The standard InChI is InChI=1S/C13H14ClIN2S/c1-18-13(4-5-13)8-17-11-3-2-9(15)6-10(11)16-12(17)7-14/h2-3,6H,4-5,7-8H2,1H3. The molecule has 1 aliphatic carbocycles. The van der Waals surface area contributed by atoms with Crippen LogP contribution in [0.15, 0.2) is 18.2 Å². The largest absolute Gasteiger partial charge is 0.326 e. The molecule has 0 saturated heterocycles. The van der Waals surface area contributed by atoms with Crippen LogP contribution in [-0.4, -0.2) is 20.6 Å². The number of hydrogen-bond donors (Lipinski definition) is 0. The molecule has 5 heteroatoms. The lowest BCUT2D eigenvalue weighted by Gasteiger charge is -2.15. The molecule has 0 spiro atoms. The zero-order valence-electron chi connectivity index (χ0n) is 10.1. The zero-order chi connectivity index (χ0) is 12.8. The number of fused-ring (bicyclic) bond motifs is 1. The first-order chi connectivity index (χ1) is 8.67. The fourth-order valence-corrected chi connectivity index (χ4v) is 3.73. The van der Waals surface area contributed by atoms with Crippen molar-refractivity contribution < 1.29 is 0 Å². The van der Waals surface area contributed by atoms with Gasteiger partial charge in [-0.05, 0) is 59.9 Å². The van der Waals surface area contributed by atoms with Gasteiger partial charge in [-0.15, -0.1) is 11.6 Å². The van der Waals surface area contributed by atoms with Crippen LogP contribution in [0.25, 0.3) is 11.0 Å². The number of hydrogen-bond acceptors (Lipinski definition) is 2. The van der Waals surface area contributed by atoms with Crippen LogP contribution in [-0.2, 0) is 12.4 Å². The third-order valence-electron chi connectivity index (χ3n) is 3.60. The van der Waals surface area contributed by atoms with Gasteiger partial charge in [0.2, 0.25) is 0 Å². The lowest BCUT2D eigenvalue weighted by atomic mass is 10.3. The summed E-state index contributed by atoms with van der Waals surface area (Å²) in [7, 11) is 0. The molecule has 3 rings (SSSR count). The summed E-state index contributed by atoms with van der Waals surface area (Å²) in [5.41, 5.74) is 2.28. The van der Waals surface area contributed by atoms with Crippen LogP contribution in [0.1, 0.15) is 18.7 Å². The molecule has 2 aromatic rings. The van der Waals surface area contributed by atoms with Gasteiger partial charge in [0.05, 0.1) is 16.9 Å². The summed E-state index contributed by atoms with van der Waals surface area (Å²) in [6.45, 7) is 1.04. The molecule has 0 unspecified atom stereocenters. The fourth-order valence-electron chi connectivity index (χ4n) is 2.29. The number of aromatic nitrogens is 2. The van der Waals surface area contributed by atoms with Crippen molar-refractivity contribution in [3.8, 4) is 0 Å². The number of alkyl halides is 1. The zero-order valence-corrected chi connectivity index (χ0v) is 13.8. The molecule has 1 saturated carbocycles. The van der Waals surface area contributed by atoms with Crippen molar-refractivity contribution >= 4 is 57.0 Å². The van der Waals surface area contributed by atoms with Gasteiger partial charge >= 0.3 is 0 Å². The molecule has 18 heavy (non-hydrogen) atoms. The SMILES string of the molecule is CSC1(Cn2c(CCl)nc3cc(I)ccc32)CC1. The van der Waals surface area contributed by atoms with Crippen molar-refractivity contribution in [2.24, 2.45) is 0 Å². The van der Waals surface area contributed by atoms with Gasteiger partial charge in [-0.25, -0.2) is 4.98 Å². The third kappa shape index (κ3) is 2.27. The number of imidazole rings is 1. The van der Waals surface area contributed by atoms with Crippen molar-refractivity contribution in [3.63, 3.8) is 0 Å². The maximum Gasteiger partial charge on any atom is 0.124 e. The van der Waals surface area contributed by atoms with Gasteiger partial charge in [-0.3, -0.25) is 0 Å². The monoisotopic (exact) mass is 392 g/mol. The minimum absolute atomic E-state index is 0.428. The minimum atomic E-state index is 0.428. The number of nitrogens with zero attached hydrogens (tertiary/aromatic N) is 2. The van der Waals surface area contributed by atoms with E-state index in [2.05, 4.69) is 56.6 Å². The second-order valence-electron chi connectivity index (χ2n) is 4.77. The number of benzene rings is 1. The van der Waals surface area contributed by atoms with Crippen LogP contribution < -0.4 is 0 Å². The Labute approximate surface area is 130 Å². The predicted octanol–water partition coefficient (Wildman–Crippen LogP) is 4.28. The normalized spacial score (nSPS) is 17.3. The Balaban J connectivity index is 2.08. The Hall–Kier alpha value is 0.0600. The Kier molecular flexibility index (Phi) is 3.53. The molecular formula is C13H14ClIN2S. The van der Waals surface area contributed by atoms with E-state index in [0.717, 1.165) is 17.9 Å². The molecule has 1 heterocycles. The second kappa shape index (κ2) is 4.87. The van der Waals surface area contributed by atoms with Gasteiger partial charge in [-0.2, -0.15) is 11.8 Å². The van der Waals surface area contributed by atoms with Crippen molar-refractivity contribution in [2.75, 3.05) is 6.26 Å². The molecule has 2 nitrogen and oxygen atoms in total. The highest BCUT2D eigenvalue weighted by molar-refractivity contribution is 14.1. The van der Waals surface area contributed by atoms with Crippen molar-refractivity contribution in [3.05, 3.63) is 27.6 Å². The van der Waals surface area contributed by atoms with E-state index in [4.69, 9.17) is 11.6 Å². The van der Waals surface area contributed by atoms with Crippen LogP contribution in [0.4, 0.5) is 0 Å². The molecule has 0 radical (unpaired) electrons. The molecule has 1 aromatic carbocycles. The quantitative estimate of drug-likeness (QED) is 0.571. The maximum absolute atomic E-state index is 6.04. The highest BCUT2D eigenvalue weighted by Crippen LogP contribution is 2.49. The first-order valence-corrected chi connectivity index (χ1v) is 8.77. The molecule has 0 amide bonds. The van der Waals surface area contributed by atoms with Gasteiger partial charge in [0.25, 0.3) is 0 Å². The summed E-state index contributed by atoms with van der Waals surface area (Å²) in [4.78, 5) is 4.66. The summed E-state index contributed by atoms with van der Waals surface area (Å²) < 4.78 is 3.95. The van der Waals surface area contributed by atoms with E-state index >= 15 is 0 Å². The van der Waals surface area contributed by atoms with E-state index in [1.807, 2.05) is 11.8 Å². The van der Waals surface area contributed by atoms with Crippen LogP contribution in [0.2, 0.25) is 0 Å². The van der Waals surface area contributed by atoms with Gasteiger partial charge in [0.15, 0.2) is 0 Å². The van der Waals surface area contributed by atoms with Gasteiger partial charge < -0.3 is 4.57 Å². The Morgan fingerprint density at radius 2 is 2.28 bits per heavy atom. The van der Waals surface area contributed by atoms with Crippen LogP contribution in [0.3, 0.4) is 0 Å². The van der Waals surface area contributed by atoms with E-state index in [1.165, 1.54) is 21.9 Å². The Morgan fingerprint density at radius 3 is 2.89 bits per heavy atom. The number of halogens is 2. The average molecular weight is 393 g/mol. The van der Waals surface area contributed by atoms with E-state index in [1.54, 1.807) is 0 Å². The number of thioether (sulfide) groups is 1. The summed E-state index contributed by atoms with van der Waals surface area (Å²) in [6.07, 6.45) is 4.81. The molecule has 0 bridgehead atoms. The summed E-state index contributed by atoms with van der Waals surface area (Å²) in [6, 6.07) is 6.43. The van der Waals surface area contributed by atoms with Gasteiger partial charge in [-0.1, -0.05) is 0 Å². The maximum atomic E-state index is 6.04. The Bertz CT molecular complexity index is 592. The average Bonchev–Trinajstić information content (AvgIpc) is 3.07. The topological polar surface area (TPSA) is 17.8 Å². The highest BCUT2D eigenvalue weighted by atomic mass is 127. The number of rotatable bonds is 4. The van der Waals surface area contributed by atoms with E-state index in [0.29, 0.717) is 10.6 Å². The molecule has 96 valence electrons. The molecule has 0 aliphatic heterocycles. The minimum Gasteiger partial charge on any atom is -0.326 e. The molecule has 0 N–H and O–H groups in total. The summed E-state index contributed by atoms with van der Waals surface area (Å²) in [5.74, 6) is 1.48. The van der Waals surface area contributed by atoms with Gasteiger partial charge in [0.1, 0.15) is 5.82 Å². The second-order valence-corrected chi connectivity index (χ2v) is 7.56. The fraction of sp³-hybridized carbons (Fsp3) is 0.462. The van der Waals surface area contributed by atoms with Gasteiger partial charge in [0, 0.05) is 14.9 Å². The molecule has 1 aliphatic rings. The first kappa shape index (κ1) is 13.1. The third-order valence-corrected chi connectivity index (χ3v) is 5.91. The molecule has 1 aromatic heterocycles. The van der Waals surface area contributed by atoms with Crippen molar-refractivity contribution in [1.82, 2.24) is 9.55 Å². The van der Waals surface area contributed by atoms with E-state index in [-0.39, 0.29) is 0 Å². The molecular weight excluding hydrogens is 379 g/mol. The van der Waals surface area contributed by atoms with Crippen molar-refractivity contribution in [1.29, 1.82) is 0 Å².